The fourth-order valence-electron chi connectivity index (χ4n) is 2.24. The first-order valence-electron chi connectivity index (χ1n) is 6.77. The highest BCUT2D eigenvalue weighted by Gasteiger charge is 2.15. The van der Waals surface area contributed by atoms with Crippen molar-refractivity contribution in [1.29, 1.82) is 0 Å². The van der Waals surface area contributed by atoms with Crippen molar-refractivity contribution in [1.82, 2.24) is 4.98 Å². The summed E-state index contributed by atoms with van der Waals surface area (Å²) in [6.45, 7) is 0. The summed E-state index contributed by atoms with van der Waals surface area (Å²) in [5, 5.41) is 3.36. The maximum absolute atomic E-state index is 13.7. The Morgan fingerprint density at radius 3 is 2.74 bits per heavy atom. The molecule has 0 radical (unpaired) electrons. The van der Waals surface area contributed by atoms with E-state index in [0.29, 0.717) is 23.0 Å². The molecule has 23 heavy (non-hydrogen) atoms. The van der Waals surface area contributed by atoms with Gasteiger partial charge < -0.3 is 10.1 Å². The molecule has 3 rings (SSSR count). The Balaban J connectivity index is 2.02. The van der Waals surface area contributed by atoms with Crippen LogP contribution in [0.3, 0.4) is 0 Å². The molecule has 4 nitrogen and oxygen atoms in total. The average Bonchev–Trinajstić information content (AvgIpc) is 2.54. The molecule has 0 saturated heterocycles. The number of hydrogen-bond acceptors (Lipinski definition) is 3. The second-order valence-electron chi connectivity index (χ2n) is 4.83. The smallest absolute Gasteiger partial charge is 0.258 e. The number of nitrogens with zero attached hydrogens (tertiary/aromatic N) is 1. The van der Waals surface area contributed by atoms with Crippen molar-refractivity contribution in [3.8, 4) is 5.75 Å². The minimum atomic E-state index is -0.928. The number of amides is 1. The van der Waals surface area contributed by atoms with E-state index in [1.165, 1.54) is 7.11 Å². The lowest BCUT2D eigenvalue weighted by atomic mass is 10.1. The Bertz CT molecular complexity index is 897. The fourth-order valence-corrected chi connectivity index (χ4v) is 2.24. The number of anilines is 1. The number of ether oxygens (including phenoxy) is 1. The summed E-state index contributed by atoms with van der Waals surface area (Å²) in [4.78, 5) is 16.5. The van der Waals surface area contributed by atoms with Crippen LogP contribution in [0.2, 0.25) is 0 Å². The van der Waals surface area contributed by atoms with Gasteiger partial charge in [-0.15, -0.1) is 0 Å². The number of fused-ring (bicyclic) bond motifs is 1. The lowest BCUT2D eigenvalue weighted by Crippen LogP contribution is -2.14. The van der Waals surface area contributed by atoms with Crippen LogP contribution in [0.4, 0.5) is 14.5 Å². The van der Waals surface area contributed by atoms with Crippen molar-refractivity contribution in [2.45, 2.75) is 0 Å². The lowest BCUT2D eigenvalue weighted by Gasteiger charge is -2.11. The summed E-state index contributed by atoms with van der Waals surface area (Å²) in [7, 11) is 1.50. The molecule has 0 spiro atoms. The van der Waals surface area contributed by atoms with Crippen LogP contribution in [0.1, 0.15) is 10.4 Å². The first-order valence-corrected chi connectivity index (χ1v) is 6.77. The topological polar surface area (TPSA) is 51.2 Å². The molecule has 2 aromatic carbocycles. The first kappa shape index (κ1) is 14.9. The Kier molecular flexibility index (Phi) is 3.89. The zero-order valence-electron chi connectivity index (χ0n) is 12.1. The molecular weight excluding hydrogens is 302 g/mol. The van der Waals surface area contributed by atoms with E-state index in [9.17, 15) is 13.6 Å². The predicted octanol–water partition coefficient (Wildman–Crippen LogP) is 3.77. The molecule has 0 saturated carbocycles. The van der Waals surface area contributed by atoms with E-state index < -0.39 is 17.5 Å². The number of nitrogens with one attached hydrogen (secondary N) is 1. The molecule has 0 atom stereocenters. The zero-order chi connectivity index (χ0) is 16.4. The number of carbonyl (C=O) groups is 1. The van der Waals surface area contributed by atoms with Crippen molar-refractivity contribution in [2.75, 3.05) is 12.4 Å². The molecule has 1 aromatic heterocycles. The number of rotatable bonds is 3. The summed E-state index contributed by atoms with van der Waals surface area (Å²) >= 11 is 0. The summed E-state index contributed by atoms with van der Waals surface area (Å²) in [5.74, 6) is -1.83. The highest BCUT2D eigenvalue weighted by molar-refractivity contribution is 6.08. The van der Waals surface area contributed by atoms with Gasteiger partial charge in [-0.3, -0.25) is 9.78 Å². The van der Waals surface area contributed by atoms with E-state index in [-0.39, 0.29) is 5.56 Å². The molecule has 1 amide bonds. The second kappa shape index (κ2) is 6.00. The van der Waals surface area contributed by atoms with Gasteiger partial charge in [0.2, 0.25) is 0 Å². The van der Waals surface area contributed by atoms with Gasteiger partial charge in [0.05, 0.1) is 23.9 Å². The van der Waals surface area contributed by atoms with Crippen LogP contribution in [-0.4, -0.2) is 18.0 Å². The van der Waals surface area contributed by atoms with Crippen LogP contribution in [-0.2, 0) is 0 Å². The molecule has 1 N–H and O–H groups in total. The number of methoxy groups -OCH3 is 1. The minimum absolute atomic E-state index is 0.252. The van der Waals surface area contributed by atoms with E-state index in [0.717, 1.165) is 17.5 Å². The molecule has 0 aliphatic carbocycles. The fraction of sp³-hybridized carbons (Fsp3) is 0.0588. The first-order chi connectivity index (χ1) is 11.1. The number of pyridine rings is 1. The van der Waals surface area contributed by atoms with Gasteiger partial charge >= 0.3 is 0 Å². The van der Waals surface area contributed by atoms with Crippen molar-refractivity contribution in [2.24, 2.45) is 0 Å². The van der Waals surface area contributed by atoms with Crippen LogP contribution in [0, 0.1) is 11.6 Å². The molecule has 0 aliphatic rings. The molecule has 0 unspecified atom stereocenters. The van der Waals surface area contributed by atoms with Gasteiger partial charge in [-0.2, -0.15) is 0 Å². The normalized spacial score (nSPS) is 10.6. The predicted molar refractivity (Wildman–Crippen MR) is 82.6 cm³/mol. The van der Waals surface area contributed by atoms with E-state index in [2.05, 4.69) is 10.3 Å². The van der Waals surface area contributed by atoms with E-state index in [1.807, 2.05) is 6.07 Å². The maximum Gasteiger partial charge on any atom is 0.258 e. The quantitative estimate of drug-likeness (QED) is 0.800. The largest absolute Gasteiger partial charge is 0.497 e. The molecular formula is C17H12F2N2O2. The minimum Gasteiger partial charge on any atom is -0.497 e. The number of carbonyl (C=O) groups excluding carboxylic acids is 1. The third kappa shape index (κ3) is 2.96. The number of halogens is 2. The Morgan fingerprint density at radius 1 is 1.17 bits per heavy atom. The third-order valence-electron chi connectivity index (χ3n) is 3.34. The average molecular weight is 314 g/mol. The number of hydrogen-bond donors (Lipinski definition) is 1. The molecule has 6 heteroatoms. The van der Waals surface area contributed by atoms with E-state index >= 15 is 0 Å². The molecule has 3 aromatic rings. The lowest BCUT2D eigenvalue weighted by molar-refractivity contribution is 0.102. The van der Waals surface area contributed by atoms with Crippen molar-refractivity contribution >= 4 is 22.5 Å². The third-order valence-corrected chi connectivity index (χ3v) is 3.34. The van der Waals surface area contributed by atoms with Crippen molar-refractivity contribution < 1.29 is 18.3 Å². The SMILES string of the molecule is COc1cc(NC(=O)c2ccc(F)cc2F)c2ncccc2c1. The van der Waals surface area contributed by atoms with E-state index in [4.69, 9.17) is 4.74 Å². The molecule has 116 valence electrons. The van der Waals surface area contributed by atoms with Gasteiger partial charge in [0.15, 0.2) is 0 Å². The van der Waals surface area contributed by atoms with Crippen molar-refractivity contribution in [3.05, 3.63) is 65.9 Å². The summed E-state index contributed by atoms with van der Waals surface area (Å²) in [6.07, 6.45) is 1.59. The second-order valence-corrected chi connectivity index (χ2v) is 4.83. The van der Waals surface area contributed by atoms with Crippen molar-refractivity contribution in [3.63, 3.8) is 0 Å². The monoisotopic (exact) mass is 314 g/mol. The number of aromatic nitrogens is 1. The standard InChI is InChI=1S/C17H12F2N2O2/c1-23-12-7-10-3-2-6-20-16(10)15(9-12)21-17(22)13-5-4-11(18)8-14(13)19/h2-9H,1H3,(H,21,22). The van der Waals surface area contributed by atoms with Gasteiger partial charge in [0.25, 0.3) is 5.91 Å². The summed E-state index contributed by atoms with van der Waals surface area (Å²) < 4.78 is 31.9. The van der Waals surface area contributed by atoms with Crippen LogP contribution in [0.25, 0.3) is 10.9 Å². The van der Waals surface area contributed by atoms with Gasteiger partial charge in [-0.25, -0.2) is 8.78 Å². The Hall–Kier alpha value is -3.02. The molecule has 1 heterocycles. The van der Waals surface area contributed by atoms with Gasteiger partial charge in [-0.05, 0) is 24.3 Å². The molecule has 0 bridgehead atoms. The zero-order valence-corrected chi connectivity index (χ0v) is 12.1. The summed E-state index contributed by atoms with van der Waals surface area (Å²) in [5.41, 5.74) is 0.677. The van der Waals surface area contributed by atoms with Gasteiger partial charge in [-0.1, -0.05) is 6.07 Å². The highest BCUT2D eigenvalue weighted by atomic mass is 19.1. The number of benzene rings is 2. The molecule has 0 aliphatic heterocycles. The van der Waals surface area contributed by atoms with Gasteiger partial charge in [0, 0.05) is 23.7 Å². The molecule has 0 fully saturated rings. The highest BCUT2D eigenvalue weighted by Crippen LogP contribution is 2.28. The maximum atomic E-state index is 13.7. The van der Waals surface area contributed by atoms with Crippen LogP contribution >= 0.6 is 0 Å². The van der Waals surface area contributed by atoms with Crippen LogP contribution < -0.4 is 10.1 Å². The van der Waals surface area contributed by atoms with Gasteiger partial charge in [0.1, 0.15) is 17.4 Å². The summed E-state index contributed by atoms with van der Waals surface area (Å²) in [6, 6.07) is 9.73. The Labute approximate surface area is 130 Å². The van der Waals surface area contributed by atoms with Crippen LogP contribution in [0.5, 0.6) is 5.75 Å². The Morgan fingerprint density at radius 2 is 2.00 bits per heavy atom. The van der Waals surface area contributed by atoms with E-state index in [1.54, 1.807) is 24.4 Å². The van der Waals surface area contributed by atoms with Crippen LogP contribution in [0.15, 0.2) is 48.7 Å².